The van der Waals surface area contributed by atoms with Gasteiger partial charge in [-0.2, -0.15) is 13.2 Å². The van der Waals surface area contributed by atoms with E-state index in [4.69, 9.17) is 17.0 Å². The van der Waals surface area contributed by atoms with Crippen LogP contribution in [0.15, 0.2) is 58.5 Å². The Balaban J connectivity index is 1.95. The zero-order valence-corrected chi connectivity index (χ0v) is 15.7. The van der Waals surface area contributed by atoms with Crippen molar-refractivity contribution in [3.63, 3.8) is 0 Å². The van der Waals surface area contributed by atoms with Crippen LogP contribution in [0.2, 0.25) is 5.02 Å². The predicted octanol–water partition coefficient (Wildman–Crippen LogP) is 5.70. The van der Waals surface area contributed by atoms with Gasteiger partial charge in [0, 0.05) is 16.4 Å². The van der Waals surface area contributed by atoms with Gasteiger partial charge in [0.05, 0.1) is 24.4 Å². The lowest BCUT2D eigenvalue weighted by Crippen LogP contribution is -2.10. The SMILES string of the molecule is CC(=NCC(=N)CN=C(C)c1ccc(C(F)(F)F)cc1)c1ccc(Cl)cc1. The average Bonchev–Trinajstić information content (AvgIpc) is 2.64. The van der Waals surface area contributed by atoms with Crippen LogP contribution in [0.1, 0.15) is 30.5 Å². The summed E-state index contributed by atoms with van der Waals surface area (Å²) in [6, 6.07) is 12.1. The lowest BCUT2D eigenvalue weighted by atomic mass is 10.1. The lowest BCUT2D eigenvalue weighted by molar-refractivity contribution is -0.137. The third-order valence-corrected chi connectivity index (χ3v) is 4.16. The molecule has 0 saturated carbocycles. The Morgan fingerprint density at radius 2 is 1.26 bits per heavy atom. The number of hydrogen-bond donors (Lipinski definition) is 1. The predicted molar refractivity (Wildman–Crippen MR) is 105 cm³/mol. The summed E-state index contributed by atoms with van der Waals surface area (Å²) in [5, 5.41) is 8.61. The minimum absolute atomic E-state index is 0.143. The van der Waals surface area contributed by atoms with Gasteiger partial charge in [-0.15, -0.1) is 0 Å². The van der Waals surface area contributed by atoms with E-state index in [1.165, 1.54) is 12.1 Å². The van der Waals surface area contributed by atoms with E-state index in [0.29, 0.717) is 22.0 Å². The molecule has 0 aliphatic carbocycles. The van der Waals surface area contributed by atoms with Gasteiger partial charge in [-0.05, 0) is 49.2 Å². The molecule has 7 heteroatoms. The molecule has 2 rings (SSSR count). The van der Waals surface area contributed by atoms with Crippen LogP contribution in [-0.2, 0) is 6.18 Å². The Morgan fingerprint density at radius 3 is 1.67 bits per heavy atom. The summed E-state index contributed by atoms with van der Waals surface area (Å²) in [6.07, 6.45) is -4.36. The smallest absolute Gasteiger partial charge is 0.306 e. The number of hydrogen-bond acceptors (Lipinski definition) is 3. The molecule has 0 amide bonds. The topological polar surface area (TPSA) is 48.6 Å². The Morgan fingerprint density at radius 1 is 0.852 bits per heavy atom. The molecule has 27 heavy (non-hydrogen) atoms. The first-order valence-corrected chi connectivity index (χ1v) is 8.56. The quantitative estimate of drug-likeness (QED) is 0.612. The molecule has 3 nitrogen and oxygen atoms in total. The van der Waals surface area contributed by atoms with Crippen LogP contribution in [0.3, 0.4) is 0 Å². The second kappa shape index (κ2) is 8.95. The summed E-state index contributed by atoms with van der Waals surface area (Å²) < 4.78 is 37.8. The zero-order valence-electron chi connectivity index (χ0n) is 14.9. The number of rotatable bonds is 6. The van der Waals surface area contributed by atoms with Crippen molar-refractivity contribution in [2.24, 2.45) is 9.98 Å². The lowest BCUT2D eigenvalue weighted by Gasteiger charge is -2.07. The number of aliphatic imine (C=N–C) groups is 2. The number of alkyl halides is 3. The fraction of sp³-hybridized carbons (Fsp3) is 0.250. The van der Waals surface area contributed by atoms with Gasteiger partial charge >= 0.3 is 6.18 Å². The van der Waals surface area contributed by atoms with E-state index in [1.54, 1.807) is 19.1 Å². The van der Waals surface area contributed by atoms with E-state index in [-0.39, 0.29) is 13.1 Å². The Labute approximate surface area is 161 Å². The van der Waals surface area contributed by atoms with Crippen molar-refractivity contribution in [2.75, 3.05) is 13.1 Å². The summed E-state index contributed by atoms with van der Waals surface area (Å²) >= 11 is 5.85. The van der Waals surface area contributed by atoms with Crippen LogP contribution in [0.4, 0.5) is 13.2 Å². The third-order valence-electron chi connectivity index (χ3n) is 3.91. The zero-order chi connectivity index (χ0) is 20.0. The maximum Gasteiger partial charge on any atom is 0.416 e. The van der Waals surface area contributed by atoms with Gasteiger partial charge in [-0.25, -0.2) is 0 Å². The highest BCUT2D eigenvalue weighted by atomic mass is 35.5. The molecule has 0 heterocycles. The Kier molecular flexibility index (Phi) is 6.91. The van der Waals surface area contributed by atoms with Crippen molar-refractivity contribution in [1.29, 1.82) is 5.41 Å². The van der Waals surface area contributed by atoms with E-state index in [9.17, 15) is 13.2 Å². The fourth-order valence-corrected chi connectivity index (χ4v) is 2.38. The standard InChI is InChI=1S/C20H19ClF3N3/c1-13(15-3-7-17(8-4-15)20(22,23)24)26-11-19(25)12-27-14(2)16-5-9-18(21)10-6-16/h3-10,25H,11-12H2,1-2H3. The van der Waals surface area contributed by atoms with Crippen LogP contribution in [-0.4, -0.2) is 30.2 Å². The van der Waals surface area contributed by atoms with E-state index in [0.717, 1.165) is 23.4 Å². The van der Waals surface area contributed by atoms with Gasteiger partial charge in [0.2, 0.25) is 0 Å². The molecule has 2 aromatic carbocycles. The normalized spacial score (nSPS) is 13.0. The van der Waals surface area contributed by atoms with E-state index >= 15 is 0 Å². The molecular formula is C20H19ClF3N3. The second-order valence-electron chi connectivity index (χ2n) is 5.99. The first-order chi connectivity index (χ1) is 12.7. The number of halogens is 4. The highest BCUT2D eigenvalue weighted by molar-refractivity contribution is 6.30. The van der Waals surface area contributed by atoms with Crippen molar-refractivity contribution >= 4 is 28.7 Å². The molecule has 0 aliphatic rings. The van der Waals surface area contributed by atoms with E-state index < -0.39 is 11.7 Å². The molecule has 2 aromatic rings. The van der Waals surface area contributed by atoms with Crippen LogP contribution in [0.5, 0.6) is 0 Å². The molecule has 0 aromatic heterocycles. The molecular weight excluding hydrogens is 375 g/mol. The minimum atomic E-state index is -4.36. The maximum atomic E-state index is 12.6. The van der Waals surface area contributed by atoms with Crippen molar-refractivity contribution < 1.29 is 13.2 Å². The molecule has 0 aliphatic heterocycles. The van der Waals surface area contributed by atoms with Crippen molar-refractivity contribution in [3.8, 4) is 0 Å². The molecule has 0 unspecified atom stereocenters. The summed E-state index contributed by atoms with van der Waals surface area (Å²) in [4.78, 5) is 8.64. The van der Waals surface area contributed by atoms with Crippen molar-refractivity contribution in [3.05, 3.63) is 70.2 Å². The third kappa shape index (κ3) is 6.32. The maximum absolute atomic E-state index is 12.6. The largest absolute Gasteiger partial charge is 0.416 e. The summed E-state index contributed by atoms with van der Waals surface area (Å²) in [5.41, 5.74) is 2.51. The first-order valence-electron chi connectivity index (χ1n) is 8.19. The number of nitrogens with zero attached hydrogens (tertiary/aromatic N) is 2. The highest BCUT2D eigenvalue weighted by Crippen LogP contribution is 2.29. The number of nitrogens with one attached hydrogen (secondary N) is 1. The van der Waals surface area contributed by atoms with Gasteiger partial charge in [0.15, 0.2) is 0 Å². The van der Waals surface area contributed by atoms with Crippen molar-refractivity contribution in [1.82, 2.24) is 0 Å². The molecule has 0 atom stereocenters. The first kappa shape index (κ1) is 20.8. The summed E-state index contributed by atoms with van der Waals surface area (Å²) in [6.45, 7) is 3.91. The monoisotopic (exact) mass is 393 g/mol. The van der Waals surface area contributed by atoms with Crippen LogP contribution >= 0.6 is 11.6 Å². The van der Waals surface area contributed by atoms with Gasteiger partial charge in [-0.1, -0.05) is 35.9 Å². The molecule has 0 spiro atoms. The number of benzene rings is 2. The second-order valence-corrected chi connectivity index (χ2v) is 6.43. The van der Waals surface area contributed by atoms with E-state index in [2.05, 4.69) is 9.98 Å². The molecule has 1 N–H and O–H groups in total. The van der Waals surface area contributed by atoms with Gasteiger partial charge in [-0.3, -0.25) is 9.98 Å². The van der Waals surface area contributed by atoms with Crippen LogP contribution in [0, 0.1) is 5.41 Å². The van der Waals surface area contributed by atoms with Crippen LogP contribution in [0.25, 0.3) is 0 Å². The molecule has 0 fully saturated rings. The Hall–Kier alpha value is -2.47. The average molecular weight is 394 g/mol. The fourth-order valence-electron chi connectivity index (χ4n) is 2.25. The van der Waals surface area contributed by atoms with Gasteiger partial charge in [0.25, 0.3) is 0 Å². The van der Waals surface area contributed by atoms with Crippen LogP contribution < -0.4 is 0 Å². The summed E-state index contributed by atoms with van der Waals surface area (Å²) in [7, 11) is 0. The van der Waals surface area contributed by atoms with Gasteiger partial charge < -0.3 is 5.41 Å². The molecule has 142 valence electrons. The van der Waals surface area contributed by atoms with Crippen molar-refractivity contribution in [2.45, 2.75) is 20.0 Å². The molecule has 0 saturated heterocycles. The Bertz CT molecular complexity index is 852. The summed E-state index contributed by atoms with van der Waals surface area (Å²) in [5.74, 6) is 0. The molecule has 0 bridgehead atoms. The minimum Gasteiger partial charge on any atom is -0.306 e. The van der Waals surface area contributed by atoms with E-state index in [1.807, 2.05) is 19.1 Å². The molecule has 0 radical (unpaired) electrons. The highest BCUT2D eigenvalue weighted by Gasteiger charge is 2.29. The van der Waals surface area contributed by atoms with Gasteiger partial charge in [0.1, 0.15) is 0 Å².